The van der Waals surface area contributed by atoms with Gasteiger partial charge in [0, 0.05) is 11.1 Å². The van der Waals surface area contributed by atoms with Crippen molar-refractivity contribution in [3.8, 4) is 0 Å². The number of aliphatic hydroxyl groups excluding tert-OH is 2. The summed E-state index contributed by atoms with van der Waals surface area (Å²) in [7, 11) is 0. The summed E-state index contributed by atoms with van der Waals surface area (Å²) in [4.78, 5) is 11.8. The van der Waals surface area contributed by atoms with E-state index in [2.05, 4.69) is 20.1 Å². The molecule has 0 amide bonds. The molecule has 34 heavy (non-hydrogen) atoms. The van der Waals surface area contributed by atoms with Crippen LogP contribution in [0.2, 0.25) is 0 Å². The van der Waals surface area contributed by atoms with E-state index in [1.807, 2.05) is 0 Å². The zero-order valence-corrected chi connectivity index (χ0v) is 21.8. The number of rotatable bonds is 15. The smallest absolute Gasteiger partial charge is 0.333 e. The average molecular weight is 479 g/mol. The third-order valence-corrected chi connectivity index (χ3v) is 8.39. The van der Waals surface area contributed by atoms with E-state index >= 15 is 0 Å². The summed E-state index contributed by atoms with van der Waals surface area (Å²) in [6, 6.07) is 0. The van der Waals surface area contributed by atoms with Crippen LogP contribution < -0.4 is 0 Å². The maximum Gasteiger partial charge on any atom is 0.333 e. The summed E-state index contributed by atoms with van der Waals surface area (Å²) in [5.41, 5.74) is 0.701. The maximum absolute atomic E-state index is 11.8. The van der Waals surface area contributed by atoms with E-state index in [-0.39, 0.29) is 18.1 Å². The lowest BCUT2D eigenvalue weighted by Crippen LogP contribution is -2.29. The summed E-state index contributed by atoms with van der Waals surface area (Å²) < 4.78 is 10.9. The van der Waals surface area contributed by atoms with Gasteiger partial charge in [-0.1, -0.05) is 52.2 Å². The Kier molecular flexibility index (Phi) is 13.5. The van der Waals surface area contributed by atoms with Crippen LogP contribution in [-0.4, -0.2) is 42.3 Å². The molecule has 0 aromatic rings. The molecular formula is C29H50O5. The molecule has 5 heteroatoms. The predicted molar refractivity (Wildman–Crippen MR) is 137 cm³/mol. The molecule has 2 unspecified atom stereocenters. The molecule has 2 atom stereocenters. The SMILES string of the molecule is C=C(C)C(=O)OCCC(CCOC(O)C(=C)CO)C1CCC(C2CCC(CCCC)CC2)CC1. The number of ether oxygens (including phenoxy) is 2. The summed E-state index contributed by atoms with van der Waals surface area (Å²) in [6.07, 6.45) is 15.4. The van der Waals surface area contributed by atoms with Crippen LogP contribution in [0.25, 0.3) is 0 Å². The number of carbonyl (C=O) groups is 1. The van der Waals surface area contributed by atoms with Crippen LogP contribution in [0.15, 0.2) is 24.3 Å². The molecule has 2 fully saturated rings. The van der Waals surface area contributed by atoms with Crippen molar-refractivity contribution in [1.82, 2.24) is 0 Å². The van der Waals surface area contributed by atoms with Gasteiger partial charge in [0.05, 0.1) is 19.8 Å². The zero-order chi connectivity index (χ0) is 24.9. The van der Waals surface area contributed by atoms with Crippen molar-refractivity contribution in [3.05, 3.63) is 24.3 Å². The number of esters is 1. The number of hydrogen-bond donors (Lipinski definition) is 2. The van der Waals surface area contributed by atoms with Crippen LogP contribution in [0.1, 0.15) is 97.3 Å². The fraction of sp³-hybridized carbons (Fsp3) is 0.828. The first-order chi connectivity index (χ1) is 16.3. The quantitative estimate of drug-likeness (QED) is 0.127. The van der Waals surface area contributed by atoms with Crippen LogP contribution >= 0.6 is 0 Å². The number of aliphatic hydroxyl groups is 2. The minimum Gasteiger partial charge on any atom is -0.462 e. The summed E-state index contributed by atoms with van der Waals surface area (Å²) in [5, 5.41) is 19.1. The Labute approximate surface area is 208 Å². The van der Waals surface area contributed by atoms with Crippen molar-refractivity contribution in [2.45, 2.75) is 104 Å². The predicted octanol–water partition coefficient (Wildman–Crippen LogP) is 6.19. The Morgan fingerprint density at radius 2 is 1.56 bits per heavy atom. The lowest BCUT2D eigenvalue weighted by Gasteiger charge is -2.40. The molecule has 2 aliphatic carbocycles. The average Bonchev–Trinajstić information content (AvgIpc) is 2.86. The maximum atomic E-state index is 11.8. The zero-order valence-electron chi connectivity index (χ0n) is 21.8. The molecule has 0 aromatic heterocycles. The lowest BCUT2D eigenvalue weighted by atomic mass is 9.66. The largest absolute Gasteiger partial charge is 0.462 e. The summed E-state index contributed by atoms with van der Waals surface area (Å²) >= 11 is 0. The fourth-order valence-corrected chi connectivity index (χ4v) is 6.10. The van der Waals surface area contributed by atoms with Gasteiger partial charge in [-0.25, -0.2) is 4.79 Å². The second-order valence-corrected chi connectivity index (χ2v) is 10.9. The Balaban J connectivity index is 1.81. The molecular weight excluding hydrogens is 428 g/mol. The molecule has 0 bridgehead atoms. The van der Waals surface area contributed by atoms with E-state index in [1.54, 1.807) is 6.92 Å². The van der Waals surface area contributed by atoms with Crippen molar-refractivity contribution < 1.29 is 24.5 Å². The molecule has 0 aromatic carbocycles. The standard InChI is InChI=1S/C29H50O5/c1-5-6-7-23-8-10-24(11-9-23)25-12-14-26(15-13-25)27(16-18-33-28(31)21(2)3)17-19-34-29(32)22(4)20-30/h23-27,29-30,32H,2,4-20H2,1,3H3. The molecule has 0 spiro atoms. The second kappa shape index (κ2) is 15.7. The molecule has 0 aliphatic heterocycles. The number of hydrogen-bond acceptors (Lipinski definition) is 5. The topological polar surface area (TPSA) is 76.0 Å². The van der Waals surface area contributed by atoms with Crippen molar-refractivity contribution in [1.29, 1.82) is 0 Å². The van der Waals surface area contributed by atoms with E-state index in [0.717, 1.165) is 30.6 Å². The van der Waals surface area contributed by atoms with Crippen LogP contribution in [0.5, 0.6) is 0 Å². The summed E-state index contributed by atoms with van der Waals surface area (Å²) in [5.74, 6) is 3.41. The normalized spacial score (nSPS) is 27.1. The summed E-state index contributed by atoms with van der Waals surface area (Å²) in [6.45, 7) is 11.8. The van der Waals surface area contributed by atoms with E-state index < -0.39 is 6.29 Å². The van der Waals surface area contributed by atoms with Crippen molar-refractivity contribution >= 4 is 5.97 Å². The highest BCUT2D eigenvalue weighted by Crippen LogP contribution is 2.44. The van der Waals surface area contributed by atoms with Crippen molar-refractivity contribution in [2.24, 2.45) is 29.6 Å². The fourth-order valence-electron chi connectivity index (χ4n) is 6.10. The van der Waals surface area contributed by atoms with Crippen LogP contribution in [0.3, 0.4) is 0 Å². The second-order valence-electron chi connectivity index (χ2n) is 10.9. The van der Waals surface area contributed by atoms with Gasteiger partial charge in [-0.15, -0.1) is 0 Å². The van der Waals surface area contributed by atoms with Gasteiger partial charge in [0.25, 0.3) is 0 Å². The van der Waals surface area contributed by atoms with Gasteiger partial charge in [0.15, 0.2) is 6.29 Å². The molecule has 2 saturated carbocycles. The van der Waals surface area contributed by atoms with Gasteiger partial charge in [-0.05, 0) is 87.9 Å². The van der Waals surface area contributed by atoms with E-state index in [0.29, 0.717) is 30.6 Å². The number of carbonyl (C=O) groups excluding carboxylic acids is 1. The highest BCUT2D eigenvalue weighted by molar-refractivity contribution is 5.86. The first kappa shape index (κ1) is 29.1. The van der Waals surface area contributed by atoms with Gasteiger partial charge in [0.2, 0.25) is 0 Å². The molecule has 0 heterocycles. The molecule has 2 aliphatic rings. The molecule has 196 valence electrons. The number of unbranched alkanes of at least 4 members (excludes halogenated alkanes) is 1. The highest BCUT2D eigenvalue weighted by Gasteiger charge is 2.33. The van der Waals surface area contributed by atoms with E-state index in [4.69, 9.17) is 14.6 Å². The minimum absolute atomic E-state index is 0.275. The van der Waals surface area contributed by atoms with Crippen LogP contribution in [0.4, 0.5) is 0 Å². The monoisotopic (exact) mass is 478 g/mol. The molecule has 0 radical (unpaired) electrons. The molecule has 0 saturated heterocycles. The molecule has 2 N–H and O–H groups in total. The molecule has 2 rings (SSSR count). The Bertz CT molecular complexity index is 614. The van der Waals surface area contributed by atoms with Gasteiger partial charge < -0.3 is 19.7 Å². The Morgan fingerprint density at radius 1 is 0.971 bits per heavy atom. The Hall–Kier alpha value is -1.17. The third kappa shape index (κ3) is 9.83. The van der Waals surface area contributed by atoms with E-state index in [9.17, 15) is 9.90 Å². The van der Waals surface area contributed by atoms with E-state index in [1.165, 1.54) is 70.6 Å². The van der Waals surface area contributed by atoms with Crippen molar-refractivity contribution in [2.75, 3.05) is 19.8 Å². The first-order valence-corrected chi connectivity index (χ1v) is 13.8. The minimum atomic E-state index is -1.13. The highest BCUT2D eigenvalue weighted by atomic mass is 16.6. The van der Waals surface area contributed by atoms with Gasteiger partial charge >= 0.3 is 5.97 Å². The van der Waals surface area contributed by atoms with Crippen LogP contribution in [-0.2, 0) is 14.3 Å². The van der Waals surface area contributed by atoms with Gasteiger partial charge in [0.1, 0.15) is 0 Å². The molecule has 5 nitrogen and oxygen atoms in total. The van der Waals surface area contributed by atoms with Crippen LogP contribution in [0, 0.1) is 29.6 Å². The van der Waals surface area contributed by atoms with Gasteiger partial charge in [-0.2, -0.15) is 0 Å². The third-order valence-electron chi connectivity index (χ3n) is 8.39. The van der Waals surface area contributed by atoms with Gasteiger partial charge in [-0.3, -0.25) is 0 Å². The van der Waals surface area contributed by atoms with Crippen molar-refractivity contribution in [3.63, 3.8) is 0 Å². The Morgan fingerprint density at radius 3 is 2.12 bits per heavy atom. The lowest BCUT2D eigenvalue weighted by molar-refractivity contribution is -0.139. The first-order valence-electron chi connectivity index (χ1n) is 13.8.